The largest absolute Gasteiger partial charge is 0.416 e. The number of halogens is 6. The molecule has 3 heterocycles. The van der Waals surface area contributed by atoms with E-state index in [0.717, 1.165) is 29.8 Å². The van der Waals surface area contributed by atoms with E-state index in [4.69, 9.17) is 11.6 Å². The van der Waals surface area contributed by atoms with Crippen LogP contribution in [0.15, 0.2) is 60.8 Å². The lowest BCUT2D eigenvalue weighted by Crippen LogP contribution is -2.34. The minimum Gasteiger partial charge on any atom is -0.333 e. The van der Waals surface area contributed by atoms with Gasteiger partial charge in [-0.15, -0.1) is 0 Å². The zero-order chi connectivity index (χ0) is 27.7. The number of rotatable bonds is 5. The molecule has 1 N–H and O–H groups in total. The minimum absolute atomic E-state index is 0.164. The molecule has 202 valence electrons. The second-order valence-electron chi connectivity index (χ2n) is 9.20. The van der Waals surface area contributed by atoms with Gasteiger partial charge in [-0.3, -0.25) is 9.47 Å². The Morgan fingerprint density at radius 2 is 1.90 bits per heavy atom. The number of carbonyl (C=O) groups excluding carboxylic acids is 1. The van der Waals surface area contributed by atoms with E-state index in [2.05, 4.69) is 10.3 Å². The highest BCUT2D eigenvalue weighted by Gasteiger charge is 2.33. The van der Waals surface area contributed by atoms with E-state index in [0.29, 0.717) is 53.8 Å². The molecule has 2 aromatic heterocycles. The van der Waals surface area contributed by atoms with E-state index in [1.165, 1.54) is 22.9 Å². The summed E-state index contributed by atoms with van der Waals surface area (Å²) in [6.07, 6.45) is 0.851. The van der Waals surface area contributed by atoms with Crippen molar-refractivity contribution in [3.8, 4) is 0 Å². The van der Waals surface area contributed by atoms with Gasteiger partial charge in [-0.2, -0.15) is 13.2 Å². The summed E-state index contributed by atoms with van der Waals surface area (Å²) in [5, 5.41) is 3.46. The van der Waals surface area contributed by atoms with E-state index in [9.17, 15) is 26.7 Å². The fraction of sp³-hybridized carbons (Fsp3) is 0.214. The van der Waals surface area contributed by atoms with Gasteiger partial charge in [-0.05, 0) is 59.2 Å². The van der Waals surface area contributed by atoms with Gasteiger partial charge in [-0.1, -0.05) is 29.8 Å². The molecule has 5 nitrogen and oxygen atoms in total. The summed E-state index contributed by atoms with van der Waals surface area (Å²) in [5.41, 5.74) is 2.10. The van der Waals surface area contributed by atoms with Crippen molar-refractivity contribution in [1.82, 2.24) is 19.8 Å². The predicted octanol–water partition coefficient (Wildman–Crippen LogP) is 6.82. The number of benzene rings is 2. The van der Waals surface area contributed by atoms with Crippen LogP contribution in [0.25, 0.3) is 17.0 Å². The molecule has 0 saturated carbocycles. The maximum Gasteiger partial charge on any atom is 0.416 e. The molecule has 0 bridgehead atoms. The molecule has 5 rings (SSSR count). The Bertz CT molecular complexity index is 1580. The average molecular weight is 561 g/mol. The van der Waals surface area contributed by atoms with Crippen LogP contribution in [0.1, 0.15) is 27.9 Å². The molecule has 0 fully saturated rings. The second-order valence-corrected chi connectivity index (χ2v) is 9.58. The van der Waals surface area contributed by atoms with Gasteiger partial charge in [-0.25, -0.2) is 18.6 Å². The Morgan fingerprint density at radius 3 is 2.64 bits per heavy atom. The number of fused-ring (bicyclic) bond motifs is 3. The van der Waals surface area contributed by atoms with E-state index in [1.54, 1.807) is 24.3 Å². The maximum atomic E-state index is 13.5. The standard InChI is InChI=1S/C28H22ClF5N4O/c29-26-13-18(7-9-35-26)15-36-27(39)38-24-6-4-19(28(32,33)34)14-20(24)21-16-37(11-8-25(21)38)10-1-2-17-3-5-22(30)23(31)12-17/h1-7,9,12-14H,8,10-11,15-16H2,(H,36,39)/b2-1+. The number of pyridine rings is 1. The Kier molecular flexibility index (Phi) is 7.42. The summed E-state index contributed by atoms with van der Waals surface area (Å²) < 4.78 is 68.7. The first-order valence-corrected chi connectivity index (χ1v) is 12.4. The summed E-state index contributed by atoms with van der Waals surface area (Å²) >= 11 is 5.92. The summed E-state index contributed by atoms with van der Waals surface area (Å²) in [4.78, 5) is 19.2. The molecule has 0 spiro atoms. The van der Waals surface area contributed by atoms with Crippen LogP contribution in [0.5, 0.6) is 0 Å². The van der Waals surface area contributed by atoms with Crippen LogP contribution >= 0.6 is 11.6 Å². The van der Waals surface area contributed by atoms with E-state index < -0.39 is 29.4 Å². The molecule has 1 aliphatic rings. The SMILES string of the molecule is O=C(NCc1ccnc(Cl)c1)n1c2c(c3cc(C(F)(F)F)ccc31)CN(C/C=C/c1ccc(F)c(F)c1)CC2. The predicted molar refractivity (Wildman–Crippen MR) is 138 cm³/mol. The van der Waals surface area contributed by atoms with E-state index in [-0.39, 0.29) is 11.7 Å². The smallest absolute Gasteiger partial charge is 0.333 e. The zero-order valence-electron chi connectivity index (χ0n) is 20.4. The highest BCUT2D eigenvalue weighted by molar-refractivity contribution is 6.29. The summed E-state index contributed by atoms with van der Waals surface area (Å²) in [7, 11) is 0. The number of amides is 1. The van der Waals surface area contributed by atoms with Gasteiger partial charge >= 0.3 is 12.2 Å². The topological polar surface area (TPSA) is 50.2 Å². The fourth-order valence-corrected chi connectivity index (χ4v) is 4.94. The first-order chi connectivity index (χ1) is 18.6. The second kappa shape index (κ2) is 10.8. The van der Waals surface area contributed by atoms with Crippen molar-refractivity contribution >= 4 is 34.6 Å². The molecule has 11 heteroatoms. The number of nitrogens with zero attached hydrogens (tertiary/aromatic N) is 3. The minimum atomic E-state index is -4.53. The van der Waals surface area contributed by atoms with Crippen LogP contribution in [0.2, 0.25) is 5.15 Å². The van der Waals surface area contributed by atoms with Crippen molar-refractivity contribution in [2.24, 2.45) is 0 Å². The number of hydrogen-bond acceptors (Lipinski definition) is 3. The summed E-state index contributed by atoms with van der Waals surface area (Å²) in [6, 6.07) is 9.84. The Morgan fingerprint density at radius 1 is 1.08 bits per heavy atom. The molecule has 4 aromatic rings. The Labute approximate surface area is 225 Å². The van der Waals surface area contributed by atoms with Crippen LogP contribution < -0.4 is 5.32 Å². The van der Waals surface area contributed by atoms with Crippen molar-refractivity contribution < 1.29 is 26.7 Å². The Hall–Kier alpha value is -3.76. The number of alkyl halides is 3. The average Bonchev–Trinajstić information content (AvgIpc) is 3.22. The zero-order valence-corrected chi connectivity index (χ0v) is 21.2. The van der Waals surface area contributed by atoms with Crippen LogP contribution in [0.3, 0.4) is 0 Å². The van der Waals surface area contributed by atoms with Crippen molar-refractivity contribution in [2.75, 3.05) is 13.1 Å². The monoisotopic (exact) mass is 560 g/mol. The van der Waals surface area contributed by atoms with Crippen molar-refractivity contribution in [3.63, 3.8) is 0 Å². The third kappa shape index (κ3) is 5.81. The first-order valence-electron chi connectivity index (χ1n) is 12.1. The number of carbonyl (C=O) groups is 1. The Balaban J connectivity index is 1.42. The third-order valence-electron chi connectivity index (χ3n) is 6.61. The molecule has 1 amide bonds. The highest BCUT2D eigenvalue weighted by atomic mass is 35.5. The lowest BCUT2D eigenvalue weighted by atomic mass is 10.0. The van der Waals surface area contributed by atoms with Gasteiger partial charge < -0.3 is 5.32 Å². The molecular weight excluding hydrogens is 539 g/mol. The molecular formula is C28H22ClF5N4O. The summed E-state index contributed by atoms with van der Waals surface area (Å²) in [5.74, 6) is -1.88. The van der Waals surface area contributed by atoms with Crippen LogP contribution in [0.4, 0.5) is 26.7 Å². The first kappa shape index (κ1) is 26.8. The third-order valence-corrected chi connectivity index (χ3v) is 6.82. The van der Waals surface area contributed by atoms with Crippen LogP contribution in [0, 0.1) is 11.6 Å². The number of hydrogen-bond donors (Lipinski definition) is 1. The molecule has 2 aromatic carbocycles. The van der Waals surface area contributed by atoms with E-state index >= 15 is 0 Å². The quantitative estimate of drug-likeness (QED) is 0.215. The summed E-state index contributed by atoms with van der Waals surface area (Å²) in [6.45, 7) is 1.45. The molecule has 1 aliphatic heterocycles. The molecule has 0 atom stereocenters. The number of aromatic nitrogens is 2. The van der Waals surface area contributed by atoms with Crippen LogP contribution in [-0.2, 0) is 25.7 Å². The lowest BCUT2D eigenvalue weighted by Gasteiger charge is -2.27. The van der Waals surface area contributed by atoms with Crippen molar-refractivity contribution in [1.29, 1.82) is 0 Å². The molecule has 0 unspecified atom stereocenters. The lowest BCUT2D eigenvalue weighted by molar-refractivity contribution is -0.137. The van der Waals surface area contributed by atoms with Crippen LogP contribution in [-0.4, -0.2) is 33.6 Å². The molecule has 39 heavy (non-hydrogen) atoms. The number of nitrogens with one attached hydrogen (secondary N) is 1. The highest BCUT2D eigenvalue weighted by Crippen LogP contribution is 2.36. The van der Waals surface area contributed by atoms with Crippen molar-refractivity contribution in [3.05, 3.63) is 106 Å². The molecule has 0 aliphatic carbocycles. The van der Waals surface area contributed by atoms with Gasteiger partial charge in [0.15, 0.2) is 11.6 Å². The van der Waals surface area contributed by atoms with Gasteiger partial charge in [0.25, 0.3) is 0 Å². The molecule has 0 radical (unpaired) electrons. The normalized spacial score (nSPS) is 14.2. The maximum absolute atomic E-state index is 13.5. The van der Waals surface area contributed by atoms with Gasteiger partial charge in [0.05, 0.1) is 11.1 Å². The fourth-order valence-electron chi connectivity index (χ4n) is 4.74. The van der Waals surface area contributed by atoms with E-state index in [1.807, 2.05) is 4.90 Å². The van der Waals surface area contributed by atoms with Gasteiger partial charge in [0.2, 0.25) is 0 Å². The van der Waals surface area contributed by atoms with Gasteiger partial charge in [0.1, 0.15) is 5.15 Å². The van der Waals surface area contributed by atoms with Crippen molar-refractivity contribution in [2.45, 2.75) is 25.7 Å². The van der Waals surface area contributed by atoms with Gasteiger partial charge in [0, 0.05) is 49.9 Å². The molecule has 0 saturated heterocycles.